The number of hydrogen-bond donors (Lipinski definition) is 2. The highest BCUT2D eigenvalue weighted by Crippen LogP contribution is 2.29. The van der Waals surface area contributed by atoms with E-state index in [1.807, 2.05) is 6.92 Å². The second-order valence-corrected chi connectivity index (χ2v) is 5.85. The second kappa shape index (κ2) is 6.92. The number of pyridine rings is 1. The molecule has 0 saturated heterocycles. The fourth-order valence-corrected chi connectivity index (χ4v) is 2.19. The summed E-state index contributed by atoms with van der Waals surface area (Å²) in [5.41, 5.74) is 3.26. The van der Waals surface area contributed by atoms with E-state index in [1.54, 1.807) is 12.3 Å². The summed E-state index contributed by atoms with van der Waals surface area (Å²) in [6, 6.07) is 3.83. The van der Waals surface area contributed by atoms with Gasteiger partial charge in [-0.3, -0.25) is 14.6 Å². The predicted octanol–water partition coefficient (Wildman–Crippen LogP) is 3.48. The number of nitrogens with zero attached hydrogens (tertiary/aromatic N) is 1. The molecule has 0 aliphatic heterocycles. The summed E-state index contributed by atoms with van der Waals surface area (Å²) in [5.74, 6) is -2.36. The minimum atomic E-state index is -1.13. The highest BCUT2D eigenvalue weighted by Gasteiger charge is 2.23. The van der Waals surface area contributed by atoms with E-state index in [0.29, 0.717) is 18.2 Å². The molecule has 3 rings (SSSR count). The molecule has 2 N–H and O–H groups in total. The Bertz CT molecular complexity index is 763. The van der Waals surface area contributed by atoms with Crippen molar-refractivity contribution in [1.82, 2.24) is 10.5 Å². The van der Waals surface area contributed by atoms with E-state index < -0.39 is 17.5 Å². The topological polar surface area (TPSA) is 63.2 Å². The number of aryl methyl sites for hydroxylation is 1. The average molecular weight is 333 g/mol. The van der Waals surface area contributed by atoms with Gasteiger partial charge in [0.25, 0.3) is 5.91 Å². The molecule has 1 aromatic carbocycles. The Kier molecular flexibility index (Phi) is 4.71. The molecule has 1 fully saturated rings. The molecule has 1 aliphatic carbocycles. The fraction of sp³-hybridized carbons (Fsp3) is 0.294. The van der Waals surface area contributed by atoms with Gasteiger partial charge in [-0.25, -0.2) is 14.3 Å². The molecule has 1 amide bonds. The summed E-state index contributed by atoms with van der Waals surface area (Å²) in [4.78, 5) is 21.3. The van der Waals surface area contributed by atoms with Crippen LogP contribution in [0.1, 0.15) is 28.8 Å². The van der Waals surface area contributed by atoms with Gasteiger partial charge in [0.2, 0.25) is 0 Å². The summed E-state index contributed by atoms with van der Waals surface area (Å²) in [6.07, 6.45) is 5.25. The van der Waals surface area contributed by atoms with Crippen LogP contribution < -0.4 is 10.8 Å². The second-order valence-electron chi connectivity index (χ2n) is 5.85. The number of halogens is 2. The summed E-state index contributed by atoms with van der Waals surface area (Å²) in [5, 5.41) is 2.72. The van der Waals surface area contributed by atoms with Crippen molar-refractivity contribution >= 4 is 17.3 Å². The molecule has 1 aromatic heterocycles. The summed E-state index contributed by atoms with van der Waals surface area (Å²) in [7, 11) is 0. The van der Waals surface area contributed by atoms with E-state index >= 15 is 0 Å². The first kappa shape index (κ1) is 16.3. The zero-order chi connectivity index (χ0) is 17.1. The zero-order valence-corrected chi connectivity index (χ0v) is 13.1. The molecule has 0 bridgehead atoms. The molecule has 126 valence electrons. The maximum atomic E-state index is 14.2. The monoisotopic (exact) mass is 333 g/mol. The Morgan fingerprint density at radius 2 is 2.12 bits per heavy atom. The van der Waals surface area contributed by atoms with Crippen molar-refractivity contribution in [1.29, 1.82) is 0 Å². The van der Waals surface area contributed by atoms with Crippen LogP contribution in [0.2, 0.25) is 0 Å². The number of benzene rings is 1. The smallest absolute Gasteiger partial charge is 0.277 e. The molecule has 7 heteroatoms. The third-order valence-corrected chi connectivity index (χ3v) is 3.66. The number of hydrogen-bond acceptors (Lipinski definition) is 4. The standard InChI is InChI=1S/C17H17F2N3O2/c1-10-6-12(8-20-7-10)21-16-13(4-5-14(18)15(16)19)17(23)22-24-9-11-2-3-11/h4-8,11,21H,2-3,9H2,1H3,(H,22,23). The average Bonchev–Trinajstić information content (AvgIpc) is 3.36. The van der Waals surface area contributed by atoms with Crippen LogP contribution >= 0.6 is 0 Å². The number of amides is 1. The van der Waals surface area contributed by atoms with Crippen molar-refractivity contribution in [3.8, 4) is 0 Å². The Labute approximate surface area is 138 Å². The molecule has 0 spiro atoms. The van der Waals surface area contributed by atoms with Crippen molar-refractivity contribution in [3.63, 3.8) is 0 Å². The van der Waals surface area contributed by atoms with Crippen LogP contribution in [0.15, 0.2) is 30.6 Å². The van der Waals surface area contributed by atoms with Crippen LogP contribution in [-0.4, -0.2) is 17.5 Å². The lowest BCUT2D eigenvalue weighted by Gasteiger charge is -2.14. The maximum Gasteiger partial charge on any atom is 0.277 e. The molecule has 24 heavy (non-hydrogen) atoms. The van der Waals surface area contributed by atoms with E-state index in [-0.39, 0.29) is 11.3 Å². The Morgan fingerprint density at radius 1 is 1.33 bits per heavy atom. The summed E-state index contributed by atoms with van der Waals surface area (Å²) in [6.45, 7) is 2.24. The number of carbonyl (C=O) groups is 1. The first-order chi connectivity index (χ1) is 11.5. The Morgan fingerprint density at radius 3 is 2.83 bits per heavy atom. The van der Waals surface area contributed by atoms with Gasteiger partial charge in [0.05, 0.1) is 29.7 Å². The van der Waals surface area contributed by atoms with Gasteiger partial charge in [-0.05, 0) is 49.4 Å². The third-order valence-electron chi connectivity index (χ3n) is 3.66. The molecular formula is C17H17F2N3O2. The number of anilines is 2. The number of hydroxylamine groups is 1. The van der Waals surface area contributed by atoms with Gasteiger partial charge in [-0.15, -0.1) is 0 Å². The van der Waals surface area contributed by atoms with Crippen LogP contribution in [0.3, 0.4) is 0 Å². The molecule has 2 aromatic rings. The van der Waals surface area contributed by atoms with Gasteiger partial charge in [0, 0.05) is 6.20 Å². The Hall–Kier alpha value is -2.54. The molecule has 1 aliphatic rings. The van der Waals surface area contributed by atoms with E-state index in [1.165, 1.54) is 12.3 Å². The first-order valence-electron chi connectivity index (χ1n) is 7.63. The van der Waals surface area contributed by atoms with Crippen molar-refractivity contribution in [2.24, 2.45) is 5.92 Å². The van der Waals surface area contributed by atoms with Crippen LogP contribution in [0, 0.1) is 24.5 Å². The minimum absolute atomic E-state index is 0.0498. The number of carbonyl (C=O) groups excluding carboxylic acids is 1. The van der Waals surface area contributed by atoms with Gasteiger partial charge in [0.15, 0.2) is 11.6 Å². The van der Waals surface area contributed by atoms with E-state index in [4.69, 9.17) is 4.84 Å². The van der Waals surface area contributed by atoms with Gasteiger partial charge >= 0.3 is 0 Å². The third kappa shape index (κ3) is 3.86. The molecule has 5 nitrogen and oxygen atoms in total. The van der Waals surface area contributed by atoms with Crippen molar-refractivity contribution in [2.75, 3.05) is 11.9 Å². The van der Waals surface area contributed by atoms with Crippen LogP contribution in [0.25, 0.3) is 0 Å². The van der Waals surface area contributed by atoms with E-state index in [2.05, 4.69) is 15.8 Å². The molecule has 0 unspecified atom stereocenters. The number of nitrogens with one attached hydrogen (secondary N) is 2. The highest BCUT2D eigenvalue weighted by atomic mass is 19.2. The highest BCUT2D eigenvalue weighted by molar-refractivity contribution is 5.99. The number of rotatable bonds is 6. The van der Waals surface area contributed by atoms with E-state index in [9.17, 15) is 13.6 Å². The van der Waals surface area contributed by atoms with Gasteiger partial charge in [-0.2, -0.15) is 0 Å². The quantitative estimate of drug-likeness (QED) is 0.795. The van der Waals surface area contributed by atoms with Crippen molar-refractivity contribution in [2.45, 2.75) is 19.8 Å². The molecule has 0 radical (unpaired) electrons. The largest absolute Gasteiger partial charge is 0.351 e. The lowest BCUT2D eigenvalue weighted by Crippen LogP contribution is -2.26. The lowest BCUT2D eigenvalue weighted by molar-refractivity contribution is 0.0270. The summed E-state index contributed by atoms with van der Waals surface area (Å²) < 4.78 is 27.8. The van der Waals surface area contributed by atoms with E-state index in [0.717, 1.165) is 24.5 Å². The van der Waals surface area contributed by atoms with Crippen LogP contribution in [0.5, 0.6) is 0 Å². The molecular weight excluding hydrogens is 316 g/mol. The first-order valence-corrected chi connectivity index (χ1v) is 7.63. The maximum absolute atomic E-state index is 14.2. The van der Waals surface area contributed by atoms with Gasteiger partial charge in [0.1, 0.15) is 0 Å². The minimum Gasteiger partial charge on any atom is -0.351 e. The van der Waals surface area contributed by atoms with Crippen LogP contribution in [-0.2, 0) is 4.84 Å². The Balaban J connectivity index is 1.82. The predicted molar refractivity (Wildman–Crippen MR) is 84.8 cm³/mol. The van der Waals surface area contributed by atoms with Crippen molar-refractivity contribution in [3.05, 3.63) is 53.4 Å². The fourth-order valence-electron chi connectivity index (χ4n) is 2.19. The SMILES string of the molecule is Cc1cncc(Nc2c(C(=O)NOCC3CC3)ccc(F)c2F)c1. The lowest BCUT2D eigenvalue weighted by atomic mass is 10.1. The molecule has 1 saturated carbocycles. The zero-order valence-electron chi connectivity index (χ0n) is 13.1. The number of aromatic nitrogens is 1. The van der Waals surface area contributed by atoms with Crippen molar-refractivity contribution < 1.29 is 18.4 Å². The molecule has 1 heterocycles. The van der Waals surface area contributed by atoms with Gasteiger partial charge < -0.3 is 5.32 Å². The van der Waals surface area contributed by atoms with Crippen LogP contribution in [0.4, 0.5) is 20.2 Å². The van der Waals surface area contributed by atoms with Gasteiger partial charge in [-0.1, -0.05) is 0 Å². The molecule has 0 atom stereocenters. The summed E-state index contributed by atoms with van der Waals surface area (Å²) >= 11 is 0. The normalized spacial score (nSPS) is 13.6.